The molecule has 0 saturated heterocycles. The number of oxazole rings is 2. The maximum Gasteiger partial charge on any atom is 0.419 e. The number of aromatic hydroxyl groups is 1. The summed E-state index contributed by atoms with van der Waals surface area (Å²) in [5.41, 5.74) is 11.6. The molecule has 372 valence electrons. The Labute approximate surface area is 428 Å². The zero-order chi connectivity index (χ0) is 52.0. The molecule has 0 aliphatic rings. The van der Waals surface area contributed by atoms with Gasteiger partial charge in [0.2, 0.25) is 0 Å². The molecule has 0 amide bonds. The van der Waals surface area contributed by atoms with E-state index in [1.54, 1.807) is 69.2 Å². The van der Waals surface area contributed by atoms with Crippen molar-refractivity contribution in [1.29, 1.82) is 0 Å². The molecule has 0 radical (unpaired) electrons. The second-order valence-electron chi connectivity index (χ2n) is 17.2. The predicted molar refractivity (Wildman–Crippen MR) is 290 cm³/mol. The van der Waals surface area contributed by atoms with E-state index in [0.29, 0.717) is 29.4 Å². The first kappa shape index (κ1) is 48.6. The number of nitrogens with one attached hydrogen (secondary N) is 2. The Bertz CT molecular complexity index is 4140. The van der Waals surface area contributed by atoms with Crippen LogP contribution in [0.4, 0.5) is 11.6 Å². The number of pyridine rings is 2. The number of anilines is 2. The Morgan fingerprint density at radius 1 is 0.533 bits per heavy atom. The van der Waals surface area contributed by atoms with Gasteiger partial charge in [0, 0.05) is 74.9 Å². The van der Waals surface area contributed by atoms with Gasteiger partial charge in [-0.25, -0.2) is 29.5 Å². The number of phenolic OH excluding ortho intramolecular Hbond substituents is 1. The lowest BCUT2D eigenvalue weighted by Gasteiger charge is -2.11. The maximum atomic E-state index is 11.8. The molecule has 0 aliphatic carbocycles. The summed E-state index contributed by atoms with van der Waals surface area (Å²) in [5, 5.41) is 26.8. The van der Waals surface area contributed by atoms with Crippen molar-refractivity contribution in [2.24, 2.45) is 14.1 Å². The summed E-state index contributed by atoms with van der Waals surface area (Å²) in [4.78, 5) is 49.9. The maximum absolute atomic E-state index is 11.8. The lowest BCUT2D eigenvalue weighted by molar-refractivity contribution is 0.282. The minimum Gasteiger partial charge on any atom is -0.508 e. The van der Waals surface area contributed by atoms with Crippen LogP contribution in [-0.2, 0) is 27.3 Å². The van der Waals surface area contributed by atoms with Crippen LogP contribution in [0.25, 0.3) is 89.0 Å². The average molecular weight is 997 g/mol. The number of hydrogen-bond acceptors (Lipinski definition) is 15. The third-order valence-corrected chi connectivity index (χ3v) is 12.4. The zero-order valence-corrected chi connectivity index (χ0v) is 41.1. The summed E-state index contributed by atoms with van der Waals surface area (Å²) >= 11 is 0. The normalized spacial score (nSPS) is 11.0. The highest BCUT2D eigenvalue weighted by Gasteiger charge is 2.14. The van der Waals surface area contributed by atoms with E-state index in [1.165, 1.54) is 9.13 Å². The van der Waals surface area contributed by atoms with Crippen molar-refractivity contribution in [3.63, 3.8) is 0 Å². The number of ether oxygens (including phenoxy) is 1. The van der Waals surface area contributed by atoms with Gasteiger partial charge in [0.05, 0.1) is 28.7 Å². The van der Waals surface area contributed by atoms with E-state index in [4.69, 9.17) is 28.6 Å². The highest BCUT2D eigenvalue weighted by molar-refractivity contribution is 5.95. The molecule has 0 unspecified atom stereocenters. The molecule has 75 heavy (non-hydrogen) atoms. The molecule has 17 nitrogen and oxygen atoms in total. The summed E-state index contributed by atoms with van der Waals surface area (Å²) in [6.07, 6.45) is 6.97. The molecular weight excluding hydrogens is 949 g/mol. The van der Waals surface area contributed by atoms with Gasteiger partial charge in [0.1, 0.15) is 29.7 Å². The highest BCUT2D eigenvalue weighted by Crippen LogP contribution is 2.33. The molecule has 4 N–H and O–H groups in total. The van der Waals surface area contributed by atoms with Crippen LogP contribution < -0.4 is 26.9 Å². The van der Waals surface area contributed by atoms with Gasteiger partial charge < -0.3 is 34.4 Å². The number of nitrogens with zero attached hydrogens (tertiary/aromatic N) is 8. The van der Waals surface area contributed by atoms with Gasteiger partial charge in [-0.1, -0.05) is 48.5 Å². The van der Waals surface area contributed by atoms with Crippen LogP contribution in [0.5, 0.6) is 11.5 Å². The summed E-state index contributed by atoms with van der Waals surface area (Å²) in [5.74, 6) is 2.99. The predicted octanol–water partition coefficient (Wildman–Crippen LogP) is 10.2. The lowest BCUT2D eigenvalue weighted by Crippen LogP contribution is -2.08. The third-order valence-electron chi connectivity index (χ3n) is 12.4. The van der Waals surface area contributed by atoms with E-state index in [9.17, 15) is 14.7 Å². The molecule has 12 aromatic rings. The van der Waals surface area contributed by atoms with Gasteiger partial charge in [0.25, 0.3) is 0 Å². The van der Waals surface area contributed by atoms with Crippen LogP contribution in [0.2, 0.25) is 0 Å². The van der Waals surface area contributed by atoms with E-state index in [0.717, 1.165) is 94.7 Å². The summed E-state index contributed by atoms with van der Waals surface area (Å²) in [6.45, 7) is 0.305. The monoisotopic (exact) mass is 996 g/mol. The fourth-order valence-corrected chi connectivity index (χ4v) is 8.41. The Hall–Kier alpha value is -10.0. The number of aliphatic hydroxyl groups is 1. The smallest absolute Gasteiger partial charge is 0.419 e. The Balaban J connectivity index is 0.000000144. The van der Waals surface area contributed by atoms with Crippen LogP contribution in [0, 0.1) is 0 Å². The summed E-state index contributed by atoms with van der Waals surface area (Å²) < 4.78 is 19.2. The van der Waals surface area contributed by atoms with Crippen LogP contribution in [0.3, 0.4) is 0 Å². The van der Waals surface area contributed by atoms with Gasteiger partial charge in [-0.2, -0.15) is 0 Å². The van der Waals surface area contributed by atoms with Gasteiger partial charge in [-0.15, -0.1) is 0 Å². The minimum absolute atomic E-state index is 0.0471. The SMILES string of the molecule is CNc1nc(-c2cccnc2)nc2ccc(-c3cccc(O)c3)cc12.CNc1nc(-c2cccnc2)nc2ccc(-c3cccc(OCc4ccc5c(c4)oc(=O)n5C)c3)cc12.Cn1c(=O)oc2cc(CO)ccc21. The van der Waals surface area contributed by atoms with Crippen molar-refractivity contribution in [2.75, 3.05) is 24.7 Å². The Kier molecular flexibility index (Phi) is 13.9. The van der Waals surface area contributed by atoms with Gasteiger partial charge in [-0.05, 0) is 130 Å². The molecule has 0 spiro atoms. The number of hydrogen-bond donors (Lipinski definition) is 4. The number of phenols is 1. The van der Waals surface area contributed by atoms with Crippen molar-refractivity contribution in [1.82, 2.24) is 39.0 Å². The van der Waals surface area contributed by atoms with E-state index in [2.05, 4.69) is 36.6 Å². The molecule has 6 heterocycles. The second kappa shape index (κ2) is 21.4. The number of fused-ring (bicyclic) bond motifs is 4. The van der Waals surface area contributed by atoms with E-state index >= 15 is 0 Å². The fraction of sp³-hybridized carbons (Fsp3) is 0.103. The zero-order valence-electron chi connectivity index (χ0n) is 41.1. The lowest BCUT2D eigenvalue weighted by atomic mass is 10.0. The molecule has 6 aromatic heterocycles. The number of aliphatic hydroxyl groups excluding tert-OH is 1. The number of aryl methyl sites for hydroxylation is 2. The molecule has 6 aromatic carbocycles. The van der Waals surface area contributed by atoms with Gasteiger partial charge in [-0.3, -0.25) is 19.1 Å². The molecule has 0 aliphatic heterocycles. The average Bonchev–Trinajstić information content (AvgIpc) is 3.91. The van der Waals surface area contributed by atoms with Crippen molar-refractivity contribution in [3.8, 4) is 56.5 Å². The molecule has 0 fully saturated rings. The summed E-state index contributed by atoms with van der Waals surface area (Å²) in [7, 11) is 7.03. The molecular formula is C58H48N10O7. The van der Waals surface area contributed by atoms with Crippen LogP contribution >= 0.6 is 0 Å². The number of aromatic nitrogens is 8. The van der Waals surface area contributed by atoms with E-state index in [1.807, 2.05) is 123 Å². The number of benzene rings is 6. The van der Waals surface area contributed by atoms with Crippen molar-refractivity contribution in [2.45, 2.75) is 13.2 Å². The highest BCUT2D eigenvalue weighted by atomic mass is 16.5. The largest absolute Gasteiger partial charge is 0.508 e. The quantitative estimate of drug-likeness (QED) is 0.100. The van der Waals surface area contributed by atoms with E-state index < -0.39 is 0 Å². The second-order valence-corrected chi connectivity index (χ2v) is 17.2. The Morgan fingerprint density at radius 3 is 1.53 bits per heavy atom. The topological polar surface area (TPSA) is 221 Å². The Morgan fingerprint density at radius 2 is 1.03 bits per heavy atom. The molecule has 0 saturated carbocycles. The van der Waals surface area contributed by atoms with Gasteiger partial charge in [0.15, 0.2) is 22.8 Å². The van der Waals surface area contributed by atoms with Crippen LogP contribution in [0.15, 0.2) is 189 Å². The fourth-order valence-electron chi connectivity index (χ4n) is 8.41. The number of rotatable bonds is 10. The van der Waals surface area contributed by atoms with Crippen molar-refractivity contribution >= 4 is 55.6 Å². The summed E-state index contributed by atoms with van der Waals surface area (Å²) in [6, 6.07) is 45.7. The van der Waals surface area contributed by atoms with E-state index in [-0.39, 0.29) is 23.9 Å². The first-order valence-electron chi connectivity index (χ1n) is 23.7. The van der Waals surface area contributed by atoms with Gasteiger partial charge >= 0.3 is 11.5 Å². The van der Waals surface area contributed by atoms with Crippen molar-refractivity contribution < 1.29 is 23.8 Å². The van der Waals surface area contributed by atoms with Crippen LogP contribution in [0.1, 0.15) is 11.1 Å². The molecule has 0 atom stereocenters. The molecule has 12 rings (SSSR count). The minimum atomic E-state index is -0.384. The van der Waals surface area contributed by atoms with Crippen LogP contribution in [-0.4, -0.2) is 63.3 Å². The third kappa shape index (κ3) is 10.5. The molecule has 17 heteroatoms. The van der Waals surface area contributed by atoms with Crippen molar-refractivity contribution in [3.05, 3.63) is 203 Å². The standard InChI is InChI=1S/C29H23N5O3.C20H16N4O.C9H9NO3/c1-30-28-23-15-20(9-10-24(23)32-27(33-28)21-6-4-12-31-16-21)19-5-3-7-22(14-19)36-17-18-8-11-25-26(13-18)37-29(35)34(25)2;1-21-20-17-11-14(13-4-2-6-16(25)10-13)7-8-18(17)23-19(24-20)15-5-3-9-22-12-15;1-10-7-3-2-6(5-11)4-8(7)13-9(10)12/h3-16H,17H2,1-2H3,(H,30,32,33);2-12,25H,1H3,(H,21,23,24);2-4,11H,5H2,1H3. The molecule has 0 bridgehead atoms. The first-order chi connectivity index (χ1) is 36.5. The first-order valence-corrected chi connectivity index (χ1v) is 23.7.